The van der Waals surface area contributed by atoms with Crippen molar-refractivity contribution in [2.24, 2.45) is 0 Å². The Morgan fingerprint density at radius 3 is 2.71 bits per heavy atom. The third-order valence-corrected chi connectivity index (χ3v) is 4.75. The maximum absolute atomic E-state index is 12.4. The zero-order valence-electron chi connectivity index (χ0n) is 13.0. The van der Waals surface area contributed by atoms with E-state index in [1.165, 1.54) is 17.1 Å². The number of sulfonamides is 1. The van der Waals surface area contributed by atoms with Gasteiger partial charge in [-0.2, -0.15) is 5.10 Å². The number of para-hydroxylation sites is 1. The highest BCUT2D eigenvalue weighted by atomic mass is 32.2. The Hall–Kier alpha value is -2.71. The molecule has 0 aliphatic heterocycles. The predicted molar refractivity (Wildman–Crippen MR) is 88.4 cm³/mol. The quantitative estimate of drug-likeness (QED) is 0.736. The van der Waals surface area contributed by atoms with Gasteiger partial charge in [0.25, 0.3) is 0 Å². The number of benzene rings is 1. The molecule has 1 aromatic carbocycles. The monoisotopic (exact) mass is 344 g/mol. The van der Waals surface area contributed by atoms with Crippen LogP contribution in [0.1, 0.15) is 5.56 Å². The molecule has 2 aromatic heterocycles. The van der Waals surface area contributed by atoms with Gasteiger partial charge in [0.15, 0.2) is 5.82 Å². The highest BCUT2D eigenvalue weighted by Gasteiger charge is 2.17. The van der Waals surface area contributed by atoms with Crippen LogP contribution >= 0.6 is 0 Å². The molecule has 0 spiro atoms. The molecule has 0 aliphatic rings. The van der Waals surface area contributed by atoms with Crippen LogP contribution in [0.5, 0.6) is 5.75 Å². The van der Waals surface area contributed by atoms with Crippen LogP contribution in [-0.2, 0) is 16.6 Å². The number of hydrogen-bond acceptors (Lipinski definition) is 5. The second-order valence-electron chi connectivity index (χ2n) is 4.94. The fourth-order valence-electron chi connectivity index (χ4n) is 2.16. The summed E-state index contributed by atoms with van der Waals surface area (Å²) >= 11 is 0. The van der Waals surface area contributed by atoms with Gasteiger partial charge in [0.05, 0.1) is 19.5 Å². The summed E-state index contributed by atoms with van der Waals surface area (Å²) in [4.78, 5) is 4.20. The number of methoxy groups -OCH3 is 1. The number of nitrogens with zero attached hydrogens (tertiary/aromatic N) is 3. The Kier molecular flexibility index (Phi) is 4.59. The van der Waals surface area contributed by atoms with E-state index in [1.807, 2.05) is 12.1 Å². The minimum atomic E-state index is -3.69. The van der Waals surface area contributed by atoms with Crippen molar-refractivity contribution in [3.63, 3.8) is 0 Å². The van der Waals surface area contributed by atoms with E-state index in [-0.39, 0.29) is 11.4 Å². The Bertz CT molecular complexity index is 923. The molecule has 0 atom stereocenters. The lowest BCUT2D eigenvalue weighted by atomic mass is 10.2. The maximum Gasteiger partial charge on any atom is 0.244 e. The van der Waals surface area contributed by atoms with E-state index in [9.17, 15) is 8.42 Å². The van der Waals surface area contributed by atoms with Crippen molar-refractivity contribution in [2.45, 2.75) is 11.4 Å². The molecule has 7 nitrogen and oxygen atoms in total. The second-order valence-corrected chi connectivity index (χ2v) is 6.71. The molecule has 0 aliphatic carbocycles. The van der Waals surface area contributed by atoms with Gasteiger partial charge >= 0.3 is 0 Å². The normalized spacial score (nSPS) is 11.4. The molecule has 0 saturated heterocycles. The molecular formula is C16H16N4O3S. The van der Waals surface area contributed by atoms with Crippen LogP contribution in [0.2, 0.25) is 0 Å². The van der Waals surface area contributed by atoms with Gasteiger partial charge in [0.2, 0.25) is 10.0 Å². The fourth-order valence-corrected chi connectivity index (χ4v) is 3.10. The Morgan fingerprint density at radius 1 is 1.17 bits per heavy atom. The van der Waals surface area contributed by atoms with Crippen LogP contribution < -0.4 is 9.46 Å². The molecule has 0 radical (unpaired) electrons. The molecule has 0 bridgehead atoms. The summed E-state index contributed by atoms with van der Waals surface area (Å²) in [6.45, 7) is 0.126. The second kappa shape index (κ2) is 6.81. The van der Waals surface area contributed by atoms with Crippen molar-refractivity contribution >= 4 is 10.0 Å². The summed E-state index contributed by atoms with van der Waals surface area (Å²) in [5.41, 5.74) is 0.751. The lowest BCUT2D eigenvalue weighted by Gasteiger charge is -2.09. The van der Waals surface area contributed by atoms with E-state index in [4.69, 9.17) is 4.74 Å². The zero-order valence-corrected chi connectivity index (χ0v) is 13.8. The third kappa shape index (κ3) is 3.44. The van der Waals surface area contributed by atoms with Crippen LogP contribution in [0.4, 0.5) is 0 Å². The third-order valence-electron chi connectivity index (χ3n) is 3.40. The molecule has 2 heterocycles. The van der Waals surface area contributed by atoms with E-state index >= 15 is 0 Å². The summed E-state index contributed by atoms with van der Waals surface area (Å²) in [5, 5.41) is 4.05. The zero-order chi connectivity index (χ0) is 17.0. The van der Waals surface area contributed by atoms with Gasteiger partial charge in [0, 0.05) is 18.3 Å². The van der Waals surface area contributed by atoms with Gasteiger partial charge in [-0.3, -0.25) is 0 Å². The highest BCUT2D eigenvalue weighted by Crippen LogP contribution is 2.18. The molecule has 0 fully saturated rings. The van der Waals surface area contributed by atoms with Crippen LogP contribution in [0.15, 0.2) is 66.0 Å². The van der Waals surface area contributed by atoms with E-state index in [1.54, 1.807) is 43.6 Å². The first-order valence-electron chi connectivity index (χ1n) is 7.18. The predicted octanol–water partition coefficient (Wildman–Crippen LogP) is 1.75. The average Bonchev–Trinajstić information content (AvgIpc) is 3.12. The first-order chi connectivity index (χ1) is 11.6. The van der Waals surface area contributed by atoms with E-state index in [0.717, 1.165) is 5.56 Å². The average molecular weight is 344 g/mol. The van der Waals surface area contributed by atoms with E-state index < -0.39 is 10.0 Å². The van der Waals surface area contributed by atoms with Crippen molar-refractivity contribution in [2.75, 3.05) is 7.11 Å². The van der Waals surface area contributed by atoms with Gasteiger partial charge in [-0.1, -0.05) is 24.3 Å². The number of ether oxygens (including phenoxy) is 1. The highest BCUT2D eigenvalue weighted by molar-refractivity contribution is 7.89. The molecule has 3 aromatic rings. The van der Waals surface area contributed by atoms with Crippen molar-refractivity contribution in [3.8, 4) is 11.6 Å². The summed E-state index contributed by atoms with van der Waals surface area (Å²) < 4.78 is 34.0. The van der Waals surface area contributed by atoms with Crippen LogP contribution in [0.25, 0.3) is 5.82 Å². The molecule has 0 unspecified atom stereocenters. The largest absolute Gasteiger partial charge is 0.496 e. The Balaban J connectivity index is 1.78. The fraction of sp³-hybridized carbons (Fsp3) is 0.125. The molecule has 24 heavy (non-hydrogen) atoms. The summed E-state index contributed by atoms with van der Waals surface area (Å²) in [7, 11) is -2.14. The van der Waals surface area contributed by atoms with Crippen molar-refractivity contribution < 1.29 is 13.2 Å². The van der Waals surface area contributed by atoms with Gasteiger partial charge in [-0.25, -0.2) is 22.8 Å². The summed E-state index contributed by atoms with van der Waals surface area (Å²) in [6, 6.07) is 12.6. The number of aromatic nitrogens is 3. The minimum Gasteiger partial charge on any atom is -0.496 e. The van der Waals surface area contributed by atoms with Crippen molar-refractivity contribution in [1.82, 2.24) is 19.5 Å². The smallest absolute Gasteiger partial charge is 0.244 e. The van der Waals surface area contributed by atoms with Crippen molar-refractivity contribution in [1.29, 1.82) is 0 Å². The summed E-state index contributed by atoms with van der Waals surface area (Å²) in [6.07, 6.45) is 4.33. The minimum absolute atomic E-state index is 0.0723. The van der Waals surface area contributed by atoms with Gasteiger partial charge < -0.3 is 4.74 Å². The lowest BCUT2D eigenvalue weighted by molar-refractivity contribution is 0.409. The SMILES string of the molecule is COc1ccccc1CNS(=O)(=O)c1cnn(-c2ccccn2)c1. The van der Waals surface area contributed by atoms with Crippen LogP contribution in [0, 0.1) is 0 Å². The molecule has 3 rings (SSSR count). The maximum atomic E-state index is 12.4. The first-order valence-corrected chi connectivity index (χ1v) is 8.66. The van der Waals surface area contributed by atoms with E-state index in [0.29, 0.717) is 11.6 Å². The van der Waals surface area contributed by atoms with Gasteiger partial charge in [0.1, 0.15) is 10.6 Å². The van der Waals surface area contributed by atoms with Crippen molar-refractivity contribution in [3.05, 3.63) is 66.6 Å². The number of nitrogens with one attached hydrogen (secondary N) is 1. The number of pyridine rings is 1. The number of hydrogen-bond donors (Lipinski definition) is 1. The summed E-state index contributed by atoms with van der Waals surface area (Å²) in [5.74, 6) is 1.17. The van der Waals surface area contributed by atoms with E-state index in [2.05, 4.69) is 14.8 Å². The first kappa shape index (κ1) is 16.2. The Morgan fingerprint density at radius 2 is 1.96 bits per heavy atom. The molecule has 124 valence electrons. The van der Waals surface area contributed by atoms with Gasteiger partial charge in [-0.05, 0) is 18.2 Å². The van der Waals surface area contributed by atoms with Crippen LogP contribution in [-0.4, -0.2) is 30.3 Å². The Labute approximate surface area is 140 Å². The molecule has 0 saturated carbocycles. The van der Waals surface area contributed by atoms with Gasteiger partial charge in [-0.15, -0.1) is 0 Å². The van der Waals surface area contributed by atoms with Crippen LogP contribution in [0.3, 0.4) is 0 Å². The number of rotatable bonds is 6. The molecule has 0 amide bonds. The standard InChI is InChI=1S/C16H16N4O3S/c1-23-15-7-3-2-6-13(15)10-19-24(21,22)14-11-18-20(12-14)16-8-4-5-9-17-16/h2-9,11-12,19H,10H2,1H3. The lowest BCUT2D eigenvalue weighted by Crippen LogP contribution is -2.23. The molecule has 1 N–H and O–H groups in total. The topological polar surface area (TPSA) is 86.1 Å². The molecular weight excluding hydrogens is 328 g/mol. The molecule has 8 heteroatoms.